The number of Topliss-reactive ketones (excluding diaryl/α,β-unsaturated/α-hetero) is 2. The van der Waals surface area contributed by atoms with Gasteiger partial charge in [0, 0.05) is 11.1 Å². The third-order valence-electron chi connectivity index (χ3n) is 2.75. The number of ketones is 2. The first-order valence-electron chi connectivity index (χ1n) is 5.72. The molecule has 1 radical (unpaired) electrons. The minimum atomic E-state index is -0.894. The molecule has 0 aliphatic heterocycles. The highest BCUT2D eigenvalue weighted by Crippen LogP contribution is 2.14. The summed E-state index contributed by atoms with van der Waals surface area (Å²) in [4.78, 5) is 24.2. The number of rotatable bonds is 4. The molecule has 0 aliphatic rings. The van der Waals surface area contributed by atoms with Gasteiger partial charge in [-0.25, -0.2) is 0 Å². The highest BCUT2D eigenvalue weighted by molar-refractivity contribution is 6.16. The predicted molar refractivity (Wildman–Crippen MR) is 70.4 cm³/mol. The van der Waals surface area contributed by atoms with Gasteiger partial charge in [-0.2, -0.15) is 0 Å². The van der Waals surface area contributed by atoms with Crippen molar-refractivity contribution in [1.82, 2.24) is 0 Å². The summed E-state index contributed by atoms with van der Waals surface area (Å²) in [6.07, 6.45) is 0. The van der Waals surface area contributed by atoms with E-state index in [1.165, 1.54) is 0 Å². The zero-order valence-electron chi connectivity index (χ0n) is 9.87. The van der Waals surface area contributed by atoms with Crippen LogP contribution in [0, 0.1) is 12.8 Å². The maximum Gasteiger partial charge on any atom is 0.173 e. The summed E-state index contributed by atoms with van der Waals surface area (Å²) in [5.74, 6) is -1.39. The first-order valence-corrected chi connectivity index (χ1v) is 5.72. The summed E-state index contributed by atoms with van der Waals surface area (Å²) in [6, 6.07) is 17.5. The largest absolute Gasteiger partial charge is 0.293 e. The normalized spacial score (nSPS) is 10.3. The summed E-state index contributed by atoms with van der Waals surface area (Å²) in [5.41, 5.74) is 1.03. The van der Waals surface area contributed by atoms with E-state index in [1.807, 2.05) is 12.1 Å². The minimum Gasteiger partial charge on any atom is -0.293 e. The Morgan fingerprint density at radius 2 is 1.06 bits per heavy atom. The Hall–Kier alpha value is -2.22. The van der Waals surface area contributed by atoms with E-state index in [1.54, 1.807) is 48.5 Å². The van der Waals surface area contributed by atoms with Crippen LogP contribution in [-0.4, -0.2) is 11.6 Å². The predicted octanol–water partition coefficient (Wildman–Crippen LogP) is 3.20. The van der Waals surface area contributed by atoms with Crippen molar-refractivity contribution in [3.8, 4) is 0 Å². The lowest BCUT2D eigenvalue weighted by atomic mass is 9.92. The molecule has 2 aromatic carbocycles. The fourth-order valence-electron chi connectivity index (χ4n) is 1.73. The summed E-state index contributed by atoms with van der Waals surface area (Å²) >= 11 is 0. The van der Waals surface area contributed by atoms with Crippen molar-refractivity contribution in [3.05, 3.63) is 78.7 Å². The molecule has 0 amide bonds. The quantitative estimate of drug-likeness (QED) is 0.604. The van der Waals surface area contributed by atoms with Crippen LogP contribution in [0.3, 0.4) is 0 Å². The maximum atomic E-state index is 12.1. The van der Waals surface area contributed by atoms with Crippen LogP contribution in [0.4, 0.5) is 0 Å². The fourth-order valence-corrected chi connectivity index (χ4v) is 1.73. The molecule has 0 atom stereocenters. The Morgan fingerprint density at radius 3 is 1.39 bits per heavy atom. The molecule has 2 nitrogen and oxygen atoms in total. The minimum absolute atomic E-state index is 0.246. The summed E-state index contributed by atoms with van der Waals surface area (Å²) in [7, 11) is 0. The van der Waals surface area contributed by atoms with Crippen LogP contribution in [0.15, 0.2) is 60.7 Å². The van der Waals surface area contributed by atoms with Gasteiger partial charge in [-0.05, 0) is 6.92 Å². The molecule has 0 heterocycles. The van der Waals surface area contributed by atoms with Gasteiger partial charge in [0.15, 0.2) is 11.6 Å². The smallest absolute Gasteiger partial charge is 0.173 e. The summed E-state index contributed by atoms with van der Waals surface area (Å²) < 4.78 is 0. The number of hydrogen-bond acceptors (Lipinski definition) is 2. The Balaban J connectivity index is 2.20. The van der Waals surface area contributed by atoms with Crippen LogP contribution < -0.4 is 0 Å². The molecule has 0 fully saturated rings. The van der Waals surface area contributed by atoms with Gasteiger partial charge in [0.05, 0.1) is 5.92 Å². The molecule has 0 unspecified atom stereocenters. The molecule has 0 aromatic heterocycles. The Labute approximate surface area is 106 Å². The van der Waals surface area contributed by atoms with Crippen molar-refractivity contribution in [1.29, 1.82) is 0 Å². The number of hydrogen-bond donors (Lipinski definition) is 0. The summed E-state index contributed by atoms with van der Waals surface area (Å²) in [6.45, 7) is 3.69. The third kappa shape index (κ3) is 2.54. The average Bonchev–Trinajstić information content (AvgIpc) is 2.47. The second-order valence-corrected chi connectivity index (χ2v) is 4.01. The molecule has 0 N–H and O–H groups in total. The number of benzene rings is 2. The molecule has 2 rings (SSSR count). The third-order valence-corrected chi connectivity index (χ3v) is 2.75. The van der Waals surface area contributed by atoms with E-state index < -0.39 is 5.92 Å². The van der Waals surface area contributed by atoms with Crippen molar-refractivity contribution < 1.29 is 9.59 Å². The molecule has 0 saturated carbocycles. The Kier molecular flexibility index (Phi) is 3.68. The zero-order chi connectivity index (χ0) is 13.0. The SMILES string of the molecule is [CH2]C(C(=O)c1ccccc1)C(=O)c1ccccc1. The molecule has 0 bridgehead atoms. The van der Waals surface area contributed by atoms with Crippen molar-refractivity contribution in [2.75, 3.05) is 0 Å². The van der Waals surface area contributed by atoms with Gasteiger partial charge >= 0.3 is 0 Å². The van der Waals surface area contributed by atoms with Crippen molar-refractivity contribution in [2.24, 2.45) is 5.92 Å². The summed E-state index contributed by atoms with van der Waals surface area (Å²) in [5, 5.41) is 0. The van der Waals surface area contributed by atoms with Gasteiger partial charge in [-0.3, -0.25) is 9.59 Å². The highest BCUT2D eigenvalue weighted by atomic mass is 16.1. The first kappa shape index (κ1) is 12.2. The van der Waals surface area contributed by atoms with Crippen molar-refractivity contribution >= 4 is 11.6 Å². The Bertz CT molecular complexity index is 492. The average molecular weight is 237 g/mol. The van der Waals surface area contributed by atoms with E-state index in [0.717, 1.165) is 0 Å². The molecule has 2 aromatic rings. The van der Waals surface area contributed by atoms with Gasteiger partial charge < -0.3 is 0 Å². The van der Waals surface area contributed by atoms with E-state index >= 15 is 0 Å². The van der Waals surface area contributed by atoms with Gasteiger partial charge in [-0.1, -0.05) is 60.7 Å². The van der Waals surface area contributed by atoms with Crippen molar-refractivity contribution in [3.63, 3.8) is 0 Å². The van der Waals surface area contributed by atoms with E-state index in [4.69, 9.17) is 0 Å². The van der Waals surface area contributed by atoms with Crippen LogP contribution >= 0.6 is 0 Å². The lowest BCUT2D eigenvalue weighted by Crippen LogP contribution is -2.21. The van der Waals surface area contributed by atoms with Gasteiger partial charge in [0.1, 0.15) is 0 Å². The van der Waals surface area contributed by atoms with Crippen LogP contribution in [-0.2, 0) is 0 Å². The fraction of sp³-hybridized carbons (Fsp3) is 0.0625. The van der Waals surface area contributed by atoms with E-state index in [9.17, 15) is 9.59 Å². The van der Waals surface area contributed by atoms with Crippen molar-refractivity contribution in [2.45, 2.75) is 0 Å². The second kappa shape index (κ2) is 5.41. The molecule has 0 aliphatic carbocycles. The molecule has 0 spiro atoms. The van der Waals surface area contributed by atoms with Crippen LogP contribution in [0.25, 0.3) is 0 Å². The molecular weight excluding hydrogens is 224 g/mol. The second-order valence-electron chi connectivity index (χ2n) is 4.01. The van der Waals surface area contributed by atoms with Crippen LogP contribution in [0.2, 0.25) is 0 Å². The standard InChI is InChI=1S/C16H13O2/c1-12(15(17)13-8-4-2-5-9-13)16(18)14-10-6-3-7-11-14/h2-12H,1H2. The number of carbonyl (C=O) groups is 2. The first-order chi connectivity index (χ1) is 8.70. The lowest BCUT2D eigenvalue weighted by molar-refractivity contribution is 0.0839. The van der Waals surface area contributed by atoms with E-state index in [0.29, 0.717) is 11.1 Å². The molecular formula is C16H13O2. The molecule has 18 heavy (non-hydrogen) atoms. The van der Waals surface area contributed by atoms with Gasteiger partial charge in [-0.15, -0.1) is 0 Å². The highest BCUT2D eigenvalue weighted by Gasteiger charge is 2.23. The van der Waals surface area contributed by atoms with Crippen LogP contribution in [0.1, 0.15) is 20.7 Å². The number of carbonyl (C=O) groups excluding carboxylic acids is 2. The van der Waals surface area contributed by atoms with Gasteiger partial charge in [0.2, 0.25) is 0 Å². The molecule has 2 heteroatoms. The van der Waals surface area contributed by atoms with Gasteiger partial charge in [0.25, 0.3) is 0 Å². The zero-order valence-corrected chi connectivity index (χ0v) is 9.87. The van der Waals surface area contributed by atoms with E-state index in [2.05, 4.69) is 6.92 Å². The Morgan fingerprint density at radius 1 is 0.722 bits per heavy atom. The maximum absolute atomic E-state index is 12.1. The lowest BCUT2D eigenvalue weighted by Gasteiger charge is -2.09. The molecule has 0 saturated heterocycles. The van der Waals surface area contributed by atoms with E-state index in [-0.39, 0.29) is 11.6 Å². The van der Waals surface area contributed by atoms with Crippen LogP contribution in [0.5, 0.6) is 0 Å². The molecule has 89 valence electrons. The monoisotopic (exact) mass is 237 g/mol. The topological polar surface area (TPSA) is 34.1 Å².